The summed E-state index contributed by atoms with van der Waals surface area (Å²) in [5, 5.41) is 14.4. The zero-order chi connectivity index (χ0) is 44.2. The van der Waals surface area contributed by atoms with Crippen LogP contribution in [-0.4, -0.2) is 138 Å². The number of alkyl halides is 3. The molecule has 1 saturated carbocycles. The third-order valence-corrected chi connectivity index (χ3v) is 11.1. The molecule has 3 atom stereocenters. The fraction of sp³-hybridized carbons (Fsp3) is 0.537. The summed E-state index contributed by atoms with van der Waals surface area (Å²) < 4.78 is 50.8. The molecule has 6 amide bonds. The van der Waals surface area contributed by atoms with Gasteiger partial charge in [-0.2, -0.15) is 13.2 Å². The number of amides is 6. The molecule has 18 nitrogen and oxygen atoms in total. The van der Waals surface area contributed by atoms with Gasteiger partial charge in [0.25, 0.3) is 0 Å². The maximum absolute atomic E-state index is 13.3. The highest BCUT2D eigenvalue weighted by molar-refractivity contribution is 5.93. The van der Waals surface area contributed by atoms with E-state index in [1.807, 2.05) is 6.07 Å². The van der Waals surface area contributed by atoms with Crippen LogP contribution in [0.1, 0.15) is 55.7 Å². The number of likely N-dealkylation sites (tertiary alicyclic amines) is 2. The molecule has 4 heterocycles. The van der Waals surface area contributed by atoms with Crippen LogP contribution in [0, 0.1) is 11.8 Å². The van der Waals surface area contributed by atoms with E-state index in [0.717, 1.165) is 17.7 Å². The van der Waals surface area contributed by atoms with E-state index in [4.69, 9.17) is 9.47 Å². The van der Waals surface area contributed by atoms with Gasteiger partial charge >= 0.3 is 6.18 Å². The second-order valence-electron chi connectivity index (χ2n) is 15.4. The summed E-state index contributed by atoms with van der Waals surface area (Å²) in [5.41, 5.74) is 0.246. The summed E-state index contributed by atoms with van der Waals surface area (Å²) in [6.07, 6.45) is 1.63. The van der Waals surface area contributed by atoms with Crippen LogP contribution in [0.3, 0.4) is 0 Å². The number of nitrogens with one attached hydrogen (secondary N) is 5. The van der Waals surface area contributed by atoms with Crippen LogP contribution in [0.2, 0.25) is 0 Å². The van der Waals surface area contributed by atoms with Crippen LogP contribution in [0.5, 0.6) is 0 Å². The zero-order valence-electron chi connectivity index (χ0n) is 34.2. The van der Waals surface area contributed by atoms with Crippen LogP contribution in [0.4, 0.5) is 19.0 Å². The van der Waals surface area contributed by atoms with Gasteiger partial charge in [-0.15, -0.1) is 0 Å². The molecular formula is C41H51F3N10O8. The first-order chi connectivity index (χ1) is 29.8. The Kier molecular flexibility index (Phi) is 15.6. The Hall–Kier alpha value is -5.96. The van der Waals surface area contributed by atoms with E-state index >= 15 is 0 Å². The van der Waals surface area contributed by atoms with Gasteiger partial charge in [-0.1, -0.05) is 6.07 Å². The monoisotopic (exact) mass is 868 g/mol. The molecule has 0 spiro atoms. The van der Waals surface area contributed by atoms with Crippen LogP contribution < -0.4 is 26.6 Å². The lowest BCUT2D eigenvalue weighted by Gasteiger charge is -2.34. The predicted molar refractivity (Wildman–Crippen MR) is 216 cm³/mol. The summed E-state index contributed by atoms with van der Waals surface area (Å²) in [4.78, 5) is 90.8. The summed E-state index contributed by atoms with van der Waals surface area (Å²) in [7, 11) is 1.66. The van der Waals surface area contributed by atoms with Crippen LogP contribution in [-0.2, 0) is 44.4 Å². The number of hydrogen-bond donors (Lipinski definition) is 5. The SMILES string of the molecule is CN1C(=O)C[C@H](C(=O)NCCC(=O)NCCOCCOCCC(=O)N[C@H]2C[C@@H](C(=O)NCCN3CC[C@H](Nc4ncnc5ccc(C(F)(F)F)cc45)C3=O)C2)[C@H]1c1cccnc1. The quantitative estimate of drug-likeness (QED) is 0.0957. The first kappa shape index (κ1) is 45.6. The number of ether oxygens (including phenoxy) is 2. The van der Waals surface area contributed by atoms with Crippen molar-refractivity contribution in [1.82, 2.24) is 46.0 Å². The van der Waals surface area contributed by atoms with Gasteiger partial charge in [-0.25, -0.2) is 9.97 Å². The summed E-state index contributed by atoms with van der Waals surface area (Å²) >= 11 is 0. The molecule has 1 aliphatic carbocycles. The Balaban J connectivity index is 0.747. The molecule has 62 heavy (non-hydrogen) atoms. The number of hydrogen-bond acceptors (Lipinski definition) is 12. The van der Waals surface area contributed by atoms with Crippen molar-refractivity contribution in [2.24, 2.45) is 11.8 Å². The van der Waals surface area contributed by atoms with E-state index in [-0.39, 0.29) is 130 Å². The molecule has 3 fully saturated rings. The Bertz CT molecular complexity index is 2070. The average Bonchev–Trinajstić information content (AvgIpc) is 3.74. The van der Waals surface area contributed by atoms with E-state index in [1.165, 1.54) is 12.4 Å². The lowest BCUT2D eigenvalue weighted by Crippen LogP contribution is -2.50. The van der Waals surface area contributed by atoms with E-state index in [1.54, 1.807) is 35.3 Å². The standard InChI is InChI=1S/C41H51F3N10O8/c1-53-35(57)22-30(36(53)25-3-2-9-45-23-25)39(59)47-10-6-33(55)46-12-16-62-18-17-61-15-8-34(56)51-28-19-26(20-28)38(58)48-11-14-54-13-7-32(40(54)60)52-37-29-21-27(41(42,43)44)4-5-31(29)49-24-50-37/h2-5,9,21,23-24,26,28,30,32,36H,6-8,10-20,22H2,1H3,(H,46,55)(H,47,59)(H,48,58)(H,51,56)(H,49,50,52)/t26-,28+,30-,32-,36+/m0/s1. The third-order valence-electron chi connectivity index (χ3n) is 11.1. The second kappa shape index (κ2) is 21.2. The molecule has 1 aromatic carbocycles. The number of halogens is 3. The largest absolute Gasteiger partial charge is 0.416 e. The highest BCUT2D eigenvalue weighted by atomic mass is 19.4. The first-order valence-corrected chi connectivity index (χ1v) is 20.6. The number of carbonyl (C=O) groups excluding carboxylic acids is 6. The van der Waals surface area contributed by atoms with Gasteiger partial charge in [0, 0.05) is 88.8 Å². The van der Waals surface area contributed by atoms with Gasteiger partial charge in [0.1, 0.15) is 18.2 Å². The lowest BCUT2D eigenvalue weighted by molar-refractivity contribution is -0.137. The minimum absolute atomic E-state index is 0.0684. The Morgan fingerprint density at radius 1 is 0.887 bits per heavy atom. The van der Waals surface area contributed by atoms with Crippen molar-refractivity contribution < 1.29 is 51.4 Å². The zero-order valence-corrected chi connectivity index (χ0v) is 34.2. The number of nitrogens with zero attached hydrogens (tertiary/aromatic N) is 5. The number of anilines is 1. The number of rotatable bonds is 21. The molecule has 2 saturated heterocycles. The molecule has 0 unspecified atom stereocenters. The van der Waals surface area contributed by atoms with Crippen LogP contribution in [0.25, 0.3) is 10.9 Å². The van der Waals surface area contributed by atoms with E-state index < -0.39 is 29.7 Å². The fourth-order valence-corrected chi connectivity index (χ4v) is 7.70. The van der Waals surface area contributed by atoms with Crippen LogP contribution >= 0.6 is 0 Å². The highest BCUT2D eigenvalue weighted by Gasteiger charge is 2.43. The second-order valence-corrected chi connectivity index (χ2v) is 15.4. The molecule has 3 aliphatic rings. The fourth-order valence-electron chi connectivity index (χ4n) is 7.70. The molecule has 3 aromatic rings. The third kappa shape index (κ3) is 12.1. The van der Waals surface area contributed by atoms with Crippen molar-refractivity contribution >= 4 is 52.2 Å². The Labute approximate surface area is 355 Å². The number of fused-ring (bicyclic) bond motifs is 1. The Morgan fingerprint density at radius 2 is 1.66 bits per heavy atom. The normalized spacial score (nSPS) is 21.1. The smallest absolute Gasteiger partial charge is 0.379 e. The minimum atomic E-state index is -4.54. The molecule has 334 valence electrons. The molecule has 0 bridgehead atoms. The average molecular weight is 869 g/mol. The maximum atomic E-state index is 13.3. The first-order valence-electron chi connectivity index (χ1n) is 20.6. The molecule has 0 radical (unpaired) electrons. The maximum Gasteiger partial charge on any atom is 0.416 e. The van der Waals surface area contributed by atoms with Gasteiger partial charge in [0.05, 0.1) is 49.5 Å². The molecule has 2 aromatic heterocycles. The lowest BCUT2D eigenvalue weighted by atomic mass is 9.79. The summed E-state index contributed by atoms with van der Waals surface area (Å²) in [6, 6.07) is 5.52. The van der Waals surface area contributed by atoms with Gasteiger partial charge in [-0.05, 0) is 49.1 Å². The van der Waals surface area contributed by atoms with Crippen molar-refractivity contribution in [3.05, 3.63) is 60.2 Å². The minimum Gasteiger partial charge on any atom is -0.379 e. The van der Waals surface area contributed by atoms with Crippen molar-refractivity contribution in [2.75, 3.05) is 71.5 Å². The van der Waals surface area contributed by atoms with E-state index in [2.05, 4.69) is 41.5 Å². The molecule has 21 heteroatoms. The molecule has 6 rings (SSSR count). The van der Waals surface area contributed by atoms with Crippen LogP contribution in [0.15, 0.2) is 49.1 Å². The van der Waals surface area contributed by atoms with Crippen molar-refractivity contribution in [3.8, 4) is 0 Å². The number of carbonyl (C=O) groups is 6. The van der Waals surface area contributed by atoms with Gasteiger partial charge in [0.15, 0.2) is 0 Å². The van der Waals surface area contributed by atoms with Crippen molar-refractivity contribution in [2.45, 2.75) is 62.8 Å². The van der Waals surface area contributed by atoms with E-state index in [0.29, 0.717) is 31.3 Å². The number of aromatic nitrogens is 3. The molecular weight excluding hydrogens is 818 g/mol. The summed E-state index contributed by atoms with van der Waals surface area (Å²) in [6.45, 7) is 2.24. The predicted octanol–water partition coefficient (Wildman–Crippen LogP) is 1.33. The Morgan fingerprint density at radius 3 is 2.42 bits per heavy atom. The number of pyridine rings is 1. The van der Waals surface area contributed by atoms with Crippen molar-refractivity contribution in [3.63, 3.8) is 0 Å². The van der Waals surface area contributed by atoms with E-state index in [9.17, 15) is 41.9 Å². The van der Waals surface area contributed by atoms with Gasteiger partial charge in [-0.3, -0.25) is 33.8 Å². The summed E-state index contributed by atoms with van der Waals surface area (Å²) in [5.74, 6) is -1.99. The number of benzene rings is 1. The topological polar surface area (TPSA) is 226 Å². The molecule has 5 N–H and O–H groups in total. The van der Waals surface area contributed by atoms with Gasteiger partial charge in [0.2, 0.25) is 35.4 Å². The highest BCUT2D eigenvalue weighted by Crippen LogP contribution is 2.37. The molecule has 2 aliphatic heterocycles. The van der Waals surface area contributed by atoms with Gasteiger partial charge < -0.3 is 45.9 Å². The van der Waals surface area contributed by atoms with Crippen molar-refractivity contribution in [1.29, 1.82) is 0 Å².